The zero-order valence-corrected chi connectivity index (χ0v) is 15.6. The standard InChI is InChI=1S/C20H36O3/c1-5-6-7-8-9-11-20(3,22-4)12-10-16-15(2)13-18-17(16)14-19(21)23-18/h15-18H,5-14H2,1-4H3/t15-,16+,17-,18?,20?/m1/s1. The molecular weight excluding hydrogens is 288 g/mol. The SMILES string of the molecule is CCCCCCCC(C)(CC[C@H]1[C@H](C)CC2OC(=O)C[C@@H]21)OC. The van der Waals surface area contributed by atoms with Gasteiger partial charge in [0.25, 0.3) is 0 Å². The van der Waals surface area contributed by atoms with Gasteiger partial charge in [-0.1, -0.05) is 46.0 Å². The summed E-state index contributed by atoms with van der Waals surface area (Å²) in [5, 5.41) is 0. The molecule has 1 saturated heterocycles. The highest BCUT2D eigenvalue weighted by molar-refractivity contribution is 5.72. The van der Waals surface area contributed by atoms with Crippen LogP contribution in [0, 0.1) is 17.8 Å². The Kier molecular flexibility index (Phi) is 6.94. The molecule has 0 amide bonds. The second-order valence-electron chi connectivity index (χ2n) is 8.13. The van der Waals surface area contributed by atoms with E-state index in [1.165, 1.54) is 32.1 Å². The molecule has 0 aromatic heterocycles. The average Bonchev–Trinajstić information content (AvgIpc) is 3.00. The van der Waals surface area contributed by atoms with Crippen molar-refractivity contribution in [2.75, 3.05) is 7.11 Å². The van der Waals surface area contributed by atoms with Gasteiger partial charge in [-0.2, -0.15) is 0 Å². The van der Waals surface area contributed by atoms with Gasteiger partial charge < -0.3 is 9.47 Å². The van der Waals surface area contributed by atoms with Crippen LogP contribution < -0.4 is 0 Å². The van der Waals surface area contributed by atoms with Gasteiger partial charge in [0.1, 0.15) is 6.10 Å². The van der Waals surface area contributed by atoms with Crippen molar-refractivity contribution in [1.82, 2.24) is 0 Å². The lowest BCUT2D eigenvalue weighted by molar-refractivity contribution is -0.141. The van der Waals surface area contributed by atoms with Gasteiger partial charge in [-0.25, -0.2) is 0 Å². The molecule has 23 heavy (non-hydrogen) atoms. The molecule has 0 radical (unpaired) electrons. The molecule has 1 aliphatic carbocycles. The summed E-state index contributed by atoms with van der Waals surface area (Å²) in [5.41, 5.74) is -0.00646. The van der Waals surface area contributed by atoms with Crippen LogP contribution in [0.1, 0.15) is 85.0 Å². The van der Waals surface area contributed by atoms with Crippen LogP contribution in [-0.4, -0.2) is 24.8 Å². The Hall–Kier alpha value is -0.570. The van der Waals surface area contributed by atoms with Crippen LogP contribution in [0.15, 0.2) is 0 Å². The summed E-state index contributed by atoms with van der Waals surface area (Å²) in [6.45, 7) is 6.85. The van der Waals surface area contributed by atoms with Gasteiger partial charge in [0.15, 0.2) is 0 Å². The Balaban J connectivity index is 1.78. The summed E-state index contributed by atoms with van der Waals surface area (Å²) in [5.74, 6) is 1.77. The summed E-state index contributed by atoms with van der Waals surface area (Å²) in [7, 11) is 1.86. The van der Waals surface area contributed by atoms with Crippen molar-refractivity contribution < 1.29 is 14.3 Å². The molecule has 2 fully saturated rings. The molecule has 1 saturated carbocycles. The fourth-order valence-corrected chi connectivity index (χ4v) is 4.64. The number of carbonyl (C=O) groups excluding carboxylic acids is 1. The number of methoxy groups -OCH3 is 1. The first-order valence-electron chi connectivity index (χ1n) is 9.73. The lowest BCUT2D eigenvalue weighted by Gasteiger charge is -2.31. The maximum atomic E-state index is 11.5. The number of hydrogen-bond acceptors (Lipinski definition) is 3. The Morgan fingerprint density at radius 3 is 2.65 bits per heavy atom. The maximum Gasteiger partial charge on any atom is 0.306 e. The van der Waals surface area contributed by atoms with Gasteiger partial charge >= 0.3 is 5.97 Å². The third-order valence-corrected chi connectivity index (χ3v) is 6.36. The fourth-order valence-electron chi connectivity index (χ4n) is 4.64. The molecule has 1 heterocycles. The van der Waals surface area contributed by atoms with E-state index in [1.807, 2.05) is 7.11 Å². The topological polar surface area (TPSA) is 35.5 Å². The molecule has 1 aliphatic heterocycles. The van der Waals surface area contributed by atoms with Crippen LogP contribution in [0.4, 0.5) is 0 Å². The molecule has 0 aromatic carbocycles. The Labute approximate surface area is 142 Å². The van der Waals surface area contributed by atoms with Crippen molar-refractivity contribution in [1.29, 1.82) is 0 Å². The zero-order valence-electron chi connectivity index (χ0n) is 15.6. The quantitative estimate of drug-likeness (QED) is 0.413. The van der Waals surface area contributed by atoms with E-state index in [9.17, 15) is 4.79 Å². The molecule has 3 heteroatoms. The molecule has 3 nitrogen and oxygen atoms in total. The lowest BCUT2D eigenvalue weighted by atomic mass is 9.81. The number of fused-ring (bicyclic) bond motifs is 1. The Morgan fingerprint density at radius 2 is 1.96 bits per heavy atom. The van der Waals surface area contributed by atoms with Gasteiger partial charge in [-0.05, 0) is 44.4 Å². The smallest absolute Gasteiger partial charge is 0.306 e. The van der Waals surface area contributed by atoms with Crippen LogP contribution in [0.3, 0.4) is 0 Å². The third kappa shape index (κ3) is 4.95. The molecule has 0 spiro atoms. The van der Waals surface area contributed by atoms with E-state index in [1.54, 1.807) is 0 Å². The van der Waals surface area contributed by atoms with Crippen LogP contribution in [-0.2, 0) is 14.3 Å². The van der Waals surface area contributed by atoms with Gasteiger partial charge in [0.05, 0.1) is 12.0 Å². The predicted molar refractivity (Wildman–Crippen MR) is 93.3 cm³/mol. The number of carbonyl (C=O) groups is 1. The maximum absolute atomic E-state index is 11.5. The molecule has 0 aromatic rings. The minimum atomic E-state index is -0.00646. The van der Waals surface area contributed by atoms with E-state index in [4.69, 9.17) is 9.47 Å². The van der Waals surface area contributed by atoms with Crippen molar-refractivity contribution in [2.24, 2.45) is 17.8 Å². The minimum Gasteiger partial charge on any atom is -0.462 e. The summed E-state index contributed by atoms with van der Waals surface area (Å²) in [4.78, 5) is 11.5. The molecule has 134 valence electrons. The summed E-state index contributed by atoms with van der Waals surface area (Å²) < 4.78 is 11.4. The molecule has 2 unspecified atom stereocenters. The zero-order chi connectivity index (χ0) is 16.9. The number of unbranched alkanes of at least 4 members (excludes halogenated alkanes) is 4. The van der Waals surface area contributed by atoms with Crippen LogP contribution in [0.5, 0.6) is 0 Å². The van der Waals surface area contributed by atoms with E-state index < -0.39 is 0 Å². The number of esters is 1. The Bertz CT molecular complexity index is 381. The summed E-state index contributed by atoms with van der Waals surface area (Å²) >= 11 is 0. The van der Waals surface area contributed by atoms with Crippen molar-refractivity contribution in [3.63, 3.8) is 0 Å². The number of hydrogen-bond donors (Lipinski definition) is 0. The van der Waals surface area contributed by atoms with E-state index in [0.29, 0.717) is 24.2 Å². The van der Waals surface area contributed by atoms with Crippen molar-refractivity contribution >= 4 is 5.97 Å². The lowest BCUT2D eigenvalue weighted by Crippen LogP contribution is -2.29. The van der Waals surface area contributed by atoms with Crippen LogP contribution in [0.25, 0.3) is 0 Å². The van der Waals surface area contributed by atoms with E-state index in [-0.39, 0.29) is 17.7 Å². The highest BCUT2D eigenvalue weighted by atomic mass is 16.6. The van der Waals surface area contributed by atoms with Gasteiger partial charge in [0, 0.05) is 13.0 Å². The summed E-state index contributed by atoms with van der Waals surface area (Å²) in [6.07, 6.45) is 11.9. The number of ether oxygens (including phenoxy) is 2. The summed E-state index contributed by atoms with van der Waals surface area (Å²) in [6, 6.07) is 0. The minimum absolute atomic E-state index is 0.00646. The molecule has 0 bridgehead atoms. The fraction of sp³-hybridized carbons (Fsp3) is 0.950. The van der Waals surface area contributed by atoms with Crippen molar-refractivity contribution in [3.05, 3.63) is 0 Å². The Morgan fingerprint density at radius 1 is 1.22 bits per heavy atom. The molecule has 0 N–H and O–H groups in total. The highest BCUT2D eigenvalue weighted by Crippen LogP contribution is 2.47. The average molecular weight is 325 g/mol. The first-order chi connectivity index (χ1) is 11.0. The van der Waals surface area contributed by atoms with Crippen molar-refractivity contribution in [2.45, 2.75) is 96.7 Å². The second kappa shape index (κ2) is 8.50. The molecule has 5 atom stereocenters. The van der Waals surface area contributed by atoms with E-state index in [2.05, 4.69) is 20.8 Å². The number of rotatable bonds is 10. The van der Waals surface area contributed by atoms with Crippen molar-refractivity contribution in [3.8, 4) is 0 Å². The first-order valence-corrected chi connectivity index (χ1v) is 9.73. The monoisotopic (exact) mass is 324 g/mol. The molecule has 2 rings (SSSR count). The molecular formula is C20H36O3. The van der Waals surface area contributed by atoms with Gasteiger partial charge in [-0.3, -0.25) is 4.79 Å². The predicted octanol–water partition coefficient (Wildman–Crippen LogP) is 5.12. The first kappa shape index (κ1) is 18.8. The van der Waals surface area contributed by atoms with Gasteiger partial charge in [-0.15, -0.1) is 0 Å². The normalized spacial score (nSPS) is 32.6. The highest BCUT2D eigenvalue weighted by Gasteiger charge is 2.48. The molecule has 2 aliphatic rings. The largest absolute Gasteiger partial charge is 0.462 e. The van der Waals surface area contributed by atoms with Crippen LogP contribution in [0.2, 0.25) is 0 Å². The second-order valence-corrected chi connectivity index (χ2v) is 8.13. The third-order valence-electron chi connectivity index (χ3n) is 6.36. The van der Waals surface area contributed by atoms with Crippen LogP contribution >= 0.6 is 0 Å². The van der Waals surface area contributed by atoms with E-state index >= 15 is 0 Å². The van der Waals surface area contributed by atoms with Gasteiger partial charge in [0.2, 0.25) is 0 Å². The van der Waals surface area contributed by atoms with E-state index in [0.717, 1.165) is 25.7 Å².